The van der Waals surface area contributed by atoms with Gasteiger partial charge in [0.25, 0.3) is 0 Å². The number of carbonyl (C=O) groups is 1. The van der Waals surface area contributed by atoms with Crippen molar-refractivity contribution in [2.75, 3.05) is 11.4 Å². The molecule has 0 N–H and O–H groups in total. The summed E-state index contributed by atoms with van der Waals surface area (Å²) in [6.07, 6.45) is 7.72. The SMILES string of the molecule is C#CCN1C(=O)CCCc2cccc(Br)c21. The fraction of sp³-hybridized carbons (Fsp3) is 0.308. The zero-order valence-corrected chi connectivity index (χ0v) is 10.5. The molecule has 82 valence electrons. The minimum absolute atomic E-state index is 0.114. The summed E-state index contributed by atoms with van der Waals surface area (Å²) in [7, 11) is 0. The van der Waals surface area contributed by atoms with E-state index in [1.54, 1.807) is 4.90 Å². The lowest BCUT2D eigenvalue weighted by Gasteiger charge is -2.21. The highest BCUT2D eigenvalue weighted by Gasteiger charge is 2.23. The summed E-state index contributed by atoms with van der Waals surface area (Å²) in [5, 5.41) is 0. The van der Waals surface area contributed by atoms with E-state index in [0.29, 0.717) is 13.0 Å². The van der Waals surface area contributed by atoms with Gasteiger partial charge in [-0.05, 0) is 40.4 Å². The predicted octanol–water partition coefficient (Wildman–Crippen LogP) is 2.75. The predicted molar refractivity (Wildman–Crippen MR) is 68.3 cm³/mol. The van der Waals surface area contributed by atoms with E-state index in [0.717, 1.165) is 23.0 Å². The van der Waals surface area contributed by atoms with E-state index < -0.39 is 0 Å². The number of hydrogen-bond acceptors (Lipinski definition) is 1. The van der Waals surface area contributed by atoms with Crippen LogP contribution in [0, 0.1) is 12.3 Å². The van der Waals surface area contributed by atoms with E-state index in [1.807, 2.05) is 12.1 Å². The Balaban J connectivity index is 2.53. The van der Waals surface area contributed by atoms with Crippen LogP contribution in [-0.2, 0) is 11.2 Å². The lowest BCUT2D eigenvalue weighted by molar-refractivity contribution is -0.118. The molecule has 1 aliphatic rings. The molecule has 0 fully saturated rings. The normalized spacial score (nSPS) is 15.2. The lowest BCUT2D eigenvalue weighted by atomic mass is 10.1. The van der Waals surface area contributed by atoms with E-state index in [-0.39, 0.29) is 5.91 Å². The first kappa shape index (κ1) is 11.2. The monoisotopic (exact) mass is 277 g/mol. The number of anilines is 1. The second-order valence-corrected chi connectivity index (χ2v) is 4.64. The topological polar surface area (TPSA) is 20.3 Å². The molecule has 0 saturated carbocycles. The molecule has 0 aromatic heterocycles. The molecule has 1 aromatic carbocycles. The first-order valence-corrected chi connectivity index (χ1v) is 6.04. The van der Waals surface area contributed by atoms with Crippen molar-refractivity contribution in [1.82, 2.24) is 0 Å². The van der Waals surface area contributed by atoms with Gasteiger partial charge >= 0.3 is 0 Å². The Morgan fingerprint density at radius 3 is 3.00 bits per heavy atom. The Kier molecular flexibility index (Phi) is 3.31. The highest BCUT2D eigenvalue weighted by molar-refractivity contribution is 9.10. The van der Waals surface area contributed by atoms with Crippen LogP contribution < -0.4 is 4.90 Å². The molecular weight excluding hydrogens is 266 g/mol. The summed E-state index contributed by atoms with van der Waals surface area (Å²) in [6, 6.07) is 6.00. The molecule has 0 radical (unpaired) electrons. The van der Waals surface area contributed by atoms with E-state index in [4.69, 9.17) is 6.42 Å². The largest absolute Gasteiger partial charge is 0.299 e. The Morgan fingerprint density at radius 2 is 2.25 bits per heavy atom. The summed E-state index contributed by atoms with van der Waals surface area (Å²) >= 11 is 3.49. The number of aryl methyl sites for hydroxylation is 1. The van der Waals surface area contributed by atoms with Gasteiger partial charge in [-0.25, -0.2) is 0 Å². The number of rotatable bonds is 1. The Labute approximate surface area is 104 Å². The Morgan fingerprint density at radius 1 is 1.44 bits per heavy atom. The molecule has 3 heteroatoms. The molecule has 0 aliphatic carbocycles. The highest BCUT2D eigenvalue weighted by Crippen LogP contribution is 2.33. The van der Waals surface area contributed by atoms with Gasteiger partial charge in [0.05, 0.1) is 12.2 Å². The second-order valence-electron chi connectivity index (χ2n) is 3.79. The van der Waals surface area contributed by atoms with Gasteiger partial charge in [0.2, 0.25) is 5.91 Å². The number of halogens is 1. The minimum atomic E-state index is 0.114. The molecule has 16 heavy (non-hydrogen) atoms. The lowest BCUT2D eigenvalue weighted by Crippen LogP contribution is -2.30. The molecule has 2 rings (SSSR count). The van der Waals surface area contributed by atoms with Crippen molar-refractivity contribution in [3.8, 4) is 12.3 Å². The van der Waals surface area contributed by atoms with Crippen LogP contribution in [0.15, 0.2) is 22.7 Å². The van der Waals surface area contributed by atoms with Crippen molar-refractivity contribution in [2.45, 2.75) is 19.3 Å². The van der Waals surface area contributed by atoms with Gasteiger partial charge in [-0.2, -0.15) is 0 Å². The van der Waals surface area contributed by atoms with Crippen molar-refractivity contribution in [3.63, 3.8) is 0 Å². The minimum Gasteiger partial charge on any atom is -0.299 e. The highest BCUT2D eigenvalue weighted by atomic mass is 79.9. The fourth-order valence-electron chi connectivity index (χ4n) is 2.01. The third-order valence-corrected chi connectivity index (χ3v) is 3.37. The number of benzene rings is 1. The van der Waals surface area contributed by atoms with Gasteiger partial charge in [0.1, 0.15) is 0 Å². The van der Waals surface area contributed by atoms with E-state index in [9.17, 15) is 4.79 Å². The smallest absolute Gasteiger partial charge is 0.227 e. The summed E-state index contributed by atoms with van der Waals surface area (Å²) in [5.41, 5.74) is 2.14. The first-order valence-electron chi connectivity index (χ1n) is 5.25. The number of para-hydroxylation sites is 1. The second kappa shape index (κ2) is 4.71. The fourth-order valence-corrected chi connectivity index (χ4v) is 2.63. The molecule has 0 saturated heterocycles. The van der Waals surface area contributed by atoms with Gasteiger partial charge in [0.15, 0.2) is 0 Å². The quantitative estimate of drug-likeness (QED) is 0.723. The van der Waals surface area contributed by atoms with Crippen molar-refractivity contribution < 1.29 is 4.79 Å². The van der Waals surface area contributed by atoms with Gasteiger partial charge in [-0.1, -0.05) is 18.1 Å². The first-order chi connectivity index (χ1) is 7.74. The van der Waals surface area contributed by atoms with E-state index in [1.165, 1.54) is 5.56 Å². The molecule has 2 nitrogen and oxygen atoms in total. The number of fused-ring (bicyclic) bond motifs is 1. The van der Waals surface area contributed by atoms with Crippen molar-refractivity contribution in [2.24, 2.45) is 0 Å². The van der Waals surface area contributed by atoms with Crippen molar-refractivity contribution in [3.05, 3.63) is 28.2 Å². The standard InChI is InChI=1S/C13H12BrNO/c1-2-9-15-12(16)8-4-6-10-5-3-7-11(14)13(10)15/h1,3,5,7H,4,6,8-9H2. The zero-order chi connectivity index (χ0) is 11.5. The third-order valence-electron chi connectivity index (χ3n) is 2.73. The molecular formula is C13H12BrNO. The number of terminal acetylenes is 1. The summed E-state index contributed by atoms with van der Waals surface area (Å²) < 4.78 is 0.940. The third kappa shape index (κ3) is 1.98. The van der Waals surface area contributed by atoms with Gasteiger partial charge in [-0.15, -0.1) is 6.42 Å². The van der Waals surface area contributed by atoms with Gasteiger partial charge in [0, 0.05) is 10.9 Å². The zero-order valence-electron chi connectivity index (χ0n) is 8.87. The van der Waals surface area contributed by atoms with Crippen LogP contribution in [0.2, 0.25) is 0 Å². The molecule has 1 heterocycles. The van der Waals surface area contributed by atoms with Crippen LogP contribution in [-0.4, -0.2) is 12.5 Å². The van der Waals surface area contributed by atoms with Gasteiger partial charge < -0.3 is 0 Å². The summed E-state index contributed by atoms with van der Waals surface area (Å²) in [5.74, 6) is 2.66. The van der Waals surface area contributed by atoms with Crippen LogP contribution in [0.3, 0.4) is 0 Å². The number of nitrogens with zero attached hydrogens (tertiary/aromatic N) is 1. The van der Waals surface area contributed by atoms with E-state index >= 15 is 0 Å². The Bertz CT molecular complexity index is 461. The molecule has 1 aromatic rings. The molecule has 0 atom stereocenters. The van der Waals surface area contributed by atoms with Crippen LogP contribution >= 0.6 is 15.9 Å². The maximum absolute atomic E-state index is 11.9. The van der Waals surface area contributed by atoms with E-state index in [2.05, 4.69) is 27.9 Å². The Hall–Kier alpha value is -1.27. The van der Waals surface area contributed by atoms with Crippen LogP contribution in [0.5, 0.6) is 0 Å². The number of hydrogen-bond donors (Lipinski definition) is 0. The summed E-state index contributed by atoms with van der Waals surface area (Å²) in [4.78, 5) is 13.6. The molecule has 0 unspecified atom stereocenters. The molecule has 0 spiro atoms. The maximum Gasteiger partial charge on any atom is 0.227 e. The molecule has 1 amide bonds. The van der Waals surface area contributed by atoms with Crippen LogP contribution in [0.1, 0.15) is 18.4 Å². The van der Waals surface area contributed by atoms with Crippen molar-refractivity contribution in [1.29, 1.82) is 0 Å². The number of carbonyl (C=O) groups excluding carboxylic acids is 1. The number of amides is 1. The average Bonchev–Trinajstić information content (AvgIpc) is 2.41. The van der Waals surface area contributed by atoms with Crippen molar-refractivity contribution >= 4 is 27.5 Å². The average molecular weight is 278 g/mol. The summed E-state index contributed by atoms with van der Waals surface area (Å²) in [6.45, 7) is 0.342. The molecule has 0 bridgehead atoms. The molecule has 1 aliphatic heterocycles. The van der Waals surface area contributed by atoms with Gasteiger partial charge in [-0.3, -0.25) is 9.69 Å². The van der Waals surface area contributed by atoms with Crippen LogP contribution in [0.4, 0.5) is 5.69 Å². The maximum atomic E-state index is 11.9. The van der Waals surface area contributed by atoms with Crippen LogP contribution in [0.25, 0.3) is 0 Å².